The summed E-state index contributed by atoms with van der Waals surface area (Å²) in [4.78, 5) is 13.3. The largest absolute Gasteiger partial charge is 0.367 e. The molecule has 0 radical (unpaired) electrons. The van der Waals surface area contributed by atoms with Crippen LogP contribution in [0.4, 0.5) is 5.82 Å². The van der Waals surface area contributed by atoms with Crippen molar-refractivity contribution in [3.05, 3.63) is 28.0 Å². The van der Waals surface area contributed by atoms with Gasteiger partial charge >= 0.3 is 0 Å². The molecule has 1 N–H and O–H groups in total. The van der Waals surface area contributed by atoms with Gasteiger partial charge in [-0.1, -0.05) is 18.9 Å². The van der Waals surface area contributed by atoms with E-state index in [1.165, 1.54) is 41.5 Å². The van der Waals surface area contributed by atoms with Crippen LogP contribution in [-0.2, 0) is 0 Å². The van der Waals surface area contributed by atoms with Gasteiger partial charge in [-0.3, -0.25) is 0 Å². The maximum atomic E-state index is 4.88. The first-order valence-corrected chi connectivity index (χ1v) is 9.50. The average molecular weight is 329 g/mol. The number of aryl methyl sites for hydroxylation is 2. The van der Waals surface area contributed by atoms with E-state index < -0.39 is 0 Å². The summed E-state index contributed by atoms with van der Waals surface area (Å²) in [6.07, 6.45) is 5.15. The van der Waals surface area contributed by atoms with E-state index in [1.807, 2.05) is 0 Å². The number of nitrogens with zero attached hydrogens (tertiary/aromatic N) is 2. The Kier molecular flexibility index (Phi) is 3.62. The van der Waals surface area contributed by atoms with E-state index >= 15 is 0 Å². The molecule has 5 heteroatoms. The minimum atomic E-state index is 0.564. The van der Waals surface area contributed by atoms with Crippen molar-refractivity contribution in [2.45, 2.75) is 45.6 Å². The van der Waals surface area contributed by atoms with Gasteiger partial charge in [0.05, 0.1) is 10.3 Å². The summed E-state index contributed by atoms with van der Waals surface area (Å²) in [6, 6.07) is 4.72. The molecule has 0 atom stereocenters. The molecule has 0 unspecified atom stereocenters. The Morgan fingerprint density at radius 3 is 2.73 bits per heavy atom. The van der Waals surface area contributed by atoms with Gasteiger partial charge in [-0.05, 0) is 43.7 Å². The first-order chi connectivity index (χ1) is 10.7. The molecule has 3 aromatic heterocycles. The highest BCUT2D eigenvalue weighted by atomic mass is 32.1. The van der Waals surface area contributed by atoms with Gasteiger partial charge in [-0.15, -0.1) is 22.7 Å². The minimum absolute atomic E-state index is 0.564. The molecule has 3 nitrogen and oxygen atoms in total. The summed E-state index contributed by atoms with van der Waals surface area (Å²) in [5, 5.41) is 7.00. The summed E-state index contributed by atoms with van der Waals surface area (Å²) in [6.45, 7) is 4.36. The quantitative estimate of drug-likeness (QED) is 0.700. The van der Waals surface area contributed by atoms with E-state index in [9.17, 15) is 0 Å². The Bertz CT molecular complexity index is 799. The number of hydrogen-bond acceptors (Lipinski definition) is 5. The molecule has 0 aromatic carbocycles. The number of rotatable bonds is 3. The molecular weight excluding hydrogens is 310 g/mol. The SMILES string of the molecule is Cc1sc2nc(-c3cccs3)nc(NC3CCCC3)c2c1C. The fraction of sp³-hybridized carbons (Fsp3) is 0.412. The molecule has 0 bridgehead atoms. The molecule has 4 rings (SSSR count). The molecule has 1 aliphatic carbocycles. The fourth-order valence-corrected chi connectivity index (χ4v) is 4.82. The van der Waals surface area contributed by atoms with Crippen molar-refractivity contribution in [1.82, 2.24) is 9.97 Å². The van der Waals surface area contributed by atoms with Crippen molar-refractivity contribution in [2.24, 2.45) is 0 Å². The third kappa shape index (κ3) is 2.42. The van der Waals surface area contributed by atoms with Crippen LogP contribution in [0.3, 0.4) is 0 Å². The van der Waals surface area contributed by atoms with Crippen LogP contribution in [0.5, 0.6) is 0 Å². The van der Waals surface area contributed by atoms with Crippen molar-refractivity contribution >= 4 is 38.7 Å². The third-order valence-corrected chi connectivity index (χ3v) is 6.43. The molecule has 0 spiro atoms. The first kappa shape index (κ1) is 14.2. The molecule has 1 fully saturated rings. The van der Waals surface area contributed by atoms with E-state index in [0.717, 1.165) is 21.3 Å². The topological polar surface area (TPSA) is 37.8 Å². The Balaban J connectivity index is 1.86. The zero-order chi connectivity index (χ0) is 15.1. The summed E-state index contributed by atoms with van der Waals surface area (Å²) in [5.41, 5.74) is 1.32. The first-order valence-electron chi connectivity index (χ1n) is 7.80. The van der Waals surface area contributed by atoms with E-state index in [2.05, 4.69) is 36.7 Å². The van der Waals surface area contributed by atoms with Crippen LogP contribution >= 0.6 is 22.7 Å². The Hall–Kier alpha value is -1.46. The lowest BCUT2D eigenvalue weighted by atomic mass is 10.2. The standard InChI is InChI=1S/C17H19N3S2/c1-10-11(2)22-17-14(10)16(18-12-6-3-4-7-12)19-15(20-17)13-8-5-9-21-13/h5,8-9,12H,3-4,6-7H2,1-2H3,(H,18,19,20). The number of aromatic nitrogens is 2. The summed E-state index contributed by atoms with van der Waals surface area (Å²) < 4.78 is 0. The Labute approximate surface area is 138 Å². The van der Waals surface area contributed by atoms with Crippen molar-refractivity contribution in [3.63, 3.8) is 0 Å². The predicted molar refractivity (Wildman–Crippen MR) is 96.1 cm³/mol. The van der Waals surface area contributed by atoms with Crippen molar-refractivity contribution in [2.75, 3.05) is 5.32 Å². The van der Waals surface area contributed by atoms with Gasteiger partial charge in [-0.2, -0.15) is 0 Å². The lowest BCUT2D eigenvalue weighted by molar-refractivity contribution is 0.752. The number of thiophene rings is 2. The van der Waals surface area contributed by atoms with Gasteiger partial charge in [0.2, 0.25) is 0 Å². The van der Waals surface area contributed by atoms with Crippen molar-refractivity contribution < 1.29 is 0 Å². The van der Waals surface area contributed by atoms with E-state index in [4.69, 9.17) is 9.97 Å². The minimum Gasteiger partial charge on any atom is -0.367 e. The number of hydrogen-bond donors (Lipinski definition) is 1. The molecule has 22 heavy (non-hydrogen) atoms. The lowest BCUT2D eigenvalue weighted by Crippen LogP contribution is -2.16. The van der Waals surface area contributed by atoms with Crippen LogP contribution < -0.4 is 5.32 Å². The van der Waals surface area contributed by atoms with Crippen LogP contribution in [-0.4, -0.2) is 16.0 Å². The van der Waals surface area contributed by atoms with Gasteiger partial charge in [0.25, 0.3) is 0 Å². The van der Waals surface area contributed by atoms with E-state index in [0.29, 0.717) is 6.04 Å². The van der Waals surface area contributed by atoms with Crippen LogP contribution in [0.2, 0.25) is 0 Å². The monoisotopic (exact) mass is 329 g/mol. The number of nitrogens with one attached hydrogen (secondary N) is 1. The maximum absolute atomic E-state index is 4.88. The normalized spacial score (nSPS) is 15.7. The summed E-state index contributed by atoms with van der Waals surface area (Å²) in [5.74, 6) is 1.88. The highest BCUT2D eigenvalue weighted by Crippen LogP contribution is 2.36. The van der Waals surface area contributed by atoms with E-state index in [-0.39, 0.29) is 0 Å². The summed E-state index contributed by atoms with van der Waals surface area (Å²) >= 11 is 3.47. The molecule has 114 valence electrons. The maximum Gasteiger partial charge on any atom is 0.173 e. The van der Waals surface area contributed by atoms with Gasteiger partial charge in [0, 0.05) is 10.9 Å². The van der Waals surface area contributed by atoms with Crippen LogP contribution in [0.25, 0.3) is 20.9 Å². The molecule has 1 saturated carbocycles. The molecule has 0 aliphatic heterocycles. The number of fused-ring (bicyclic) bond motifs is 1. The van der Waals surface area contributed by atoms with Crippen LogP contribution in [0.1, 0.15) is 36.1 Å². The van der Waals surface area contributed by atoms with Gasteiger partial charge < -0.3 is 5.32 Å². The fourth-order valence-electron chi connectivity index (χ4n) is 3.13. The average Bonchev–Trinajstić information content (AvgIpc) is 3.22. The molecule has 0 saturated heterocycles. The zero-order valence-corrected chi connectivity index (χ0v) is 14.5. The molecule has 3 heterocycles. The number of anilines is 1. The van der Waals surface area contributed by atoms with Crippen LogP contribution in [0.15, 0.2) is 17.5 Å². The zero-order valence-electron chi connectivity index (χ0n) is 12.8. The second kappa shape index (κ2) is 5.63. The summed E-state index contributed by atoms with van der Waals surface area (Å²) in [7, 11) is 0. The van der Waals surface area contributed by atoms with Crippen molar-refractivity contribution in [3.8, 4) is 10.7 Å². The van der Waals surface area contributed by atoms with Crippen LogP contribution in [0, 0.1) is 13.8 Å². The smallest absolute Gasteiger partial charge is 0.173 e. The van der Waals surface area contributed by atoms with Crippen molar-refractivity contribution in [1.29, 1.82) is 0 Å². The highest BCUT2D eigenvalue weighted by Gasteiger charge is 2.20. The highest BCUT2D eigenvalue weighted by molar-refractivity contribution is 7.19. The molecule has 3 aromatic rings. The molecular formula is C17H19N3S2. The van der Waals surface area contributed by atoms with E-state index in [1.54, 1.807) is 22.7 Å². The predicted octanol–water partition coefficient (Wildman–Crippen LogP) is 5.39. The van der Waals surface area contributed by atoms with Gasteiger partial charge in [0.1, 0.15) is 10.6 Å². The Morgan fingerprint density at radius 2 is 2.00 bits per heavy atom. The lowest BCUT2D eigenvalue weighted by Gasteiger charge is -2.14. The van der Waals surface area contributed by atoms with Gasteiger partial charge in [-0.25, -0.2) is 9.97 Å². The third-order valence-electron chi connectivity index (χ3n) is 4.47. The Morgan fingerprint density at radius 1 is 1.18 bits per heavy atom. The van der Waals surface area contributed by atoms with Gasteiger partial charge in [0.15, 0.2) is 5.82 Å². The second-order valence-electron chi connectivity index (χ2n) is 5.96. The molecule has 1 aliphatic rings. The second-order valence-corrected chi connectivity index (χ2v) is 8.11. The molecule has 0 amide bonds.